The first kappa shape index (κ1) is 16.1. The monoisotopic (exact) mass is 342 g/mol. The topological polar surface area (TPSA) is 88.4 Å². The average Bonchev–Trinajstić information content (AvgIpc) is 3.22. The predicted octanol–water partition coefficient (Wildman–Crippen LogP) is 1.14. The zero-order valence-electron chi connectivity index (χ0n) is 13.9. The van der Waals surface area contributed by atoms with Gasteiger partial charge in [0.05, 0.1) is 11.8 Å². The lowest BCUT2D eigenvalue weighted by molar-refractivity contribution is -0.118. The molecule has 0 spiro atoms. The van der Waals surface area contributed by atoms with Crippen LogP contribution in [0.5, 0.6) is 5.75 Å². The van der Waals surface area contributed by atoms with Gasteiger partial charge in [0.25, 0.3) is 5.91 Å². The summed E-state index contributed by atoms with van der Waals surface area (Å²) in [4.78, 5) is 11.4. The Kier molecular flexibility index (Phi) is 4.42. The number of aromatic nitrogens is 2. The molecule has 1 amide bonds. The minimum Gasteiger partial charge on any atom is -0.482 e. The summed E-state index contributed by atoms with van der Waals surface area (Å²) in [6, 6.07) is 7.76. The van der Waals surface area contributed by atoms with Gasteiger partial charge in [0, 0.05) is 31.5 Å². The van der Waals surface area contributed by atoms with Gasteiger partial charge >= 0.3 is 0 Å². The molecule has 1 aliphatic carbocycles. The Morgan fingerprint density at radius 1 is 1.40 bits per heavy atom. The summed E-state index contributed by atoms with van der Waals surface area (Å²) in [6.07, 6.45) is 5.09. The van der Waals surface area contributed by atoms with Crippen LogP contribution in [0.4, 0.5) is 5.69 Å². The highest BCUT2D eigenvalue weighted by Gasteiger charge is 2.32. The third-order valence-electron chi connectivity index (χ3n) is 4.88. The van der Waals surface area contributed by atoms with E-state index in [1.54, 1.807) is 6.20 Å². The highest BCUT2D eigenvalue weighted by Crippen LogP contribution is 2.30. The van der Waals surface area contributed by atoms with E-state index in [4.69, 9.17) is 4.74 Å². The summed E-state index contributed by atoms with van der Waals surface area (Å²) < 4.78 is 7.29. The number of carbonyl (C=O) groups excluding carboxylic acids is 1. The van der Waals surface area contributed by atoms with E-state index in [0.29, 0.717) is 23.9 Å². The van der Waals surface area contributed by atoms with Gasteiger partial charge in [-0.15, -0.1) is 0 Å². The molecule has 0 saturated heterocycles. The highest BCUT2D eigenvalue weighted by atomic mass is 16.5. The second-order valence-electron chi connectivity index (χ2n) is 6.79. The molecule has 1 unspecified atom stereocenters. The molecule has 2 heterocycles. The second kappa shape index (κ2) is 6.85. The Bertz CT molecular complexity index is 747. The largest absolute Gasteiger partial charge is 0.482 e. The van der Waals surface area contributed by atoms with Gasteiger partial charge in [-0.3, -0.25) is 9.48 Å². The second-order valence-corrected chi connectivity index (χ2v) is 6.79. The van der Waals surface area contributed by atoms with Crippen LogP contribution in [0.15, 0.2) is 36.7 Å². The molecule has 0 bridgehead atoms. The fourth-order valence-electron chi connectivity index (χ4n) is 3.65. The van der Waals surface area contributed by atoms with Crippen LogP contribution in [-0.4, -0.2) is 39.5 Å². The van der Waals surface area contributed by atoms with Crippen LogP contribution < -0.4 is 15.4 Å². The van der Waals surface area contributed by atoms with E-state index in [0.717, 1.165) is 24.9 Å². The third kappa shape index (κ3) is 3.67. The van der Waals surface area contributed by atoms with E-state index in [-0.39, 0.29) is 24.7 Å². The van der Waals surface area contributed by atoms with Gasteiger partial charge in [-0.05, 0) is 42.5 Å². The average molecular weight is 342 g/mol. The summed E-state index contributed by atoms with van der Waals surface area (Å²) in [5.74, 6) is 0.984. The first-order valence-corrected chi connectivity index (χ1v) is 8.62. The van der Waals surface area contributed by atoms with Crippen molar-refractivity contribution >= 4 is 11.6 Å². The first-order valence-electron chi connectivity index (χ1n) is 8.62. The van der Waals surface area contributed by atoms with Crippen LogP contribution in [0, 0.1) is 5.92 Å². The van der Waals surface area contributed by atoms with E-state index in [1.165, 1.54) is 0 Å². The first-order chi connectivity index (χ1) is 12.2. The lowest BCUT2D eigenvalue weighted by atomic mass is 10.1. The third-order valence-corrected chi connectivity index (χ3v) is 4.88. The number of anilines is 1. The standard InChI is InChI=1S/C18H22N4O3/c23-16-8-13(10-22-5-1-4-20-22)7-14(16)19-9-12-2-3-17-15(6-12)21-18(24)11-25-17/h1-6,13-14,16,19,23H,7-11H2,(H,21,24)/t13?,14-,16-/m1/s1. The zero-order chi connectivity index (χ0) is 17.2. The van der Waals surface area contributed by atoms with E-state index in [1.807, 2.05) is 35.1 Å². The zero-order valence-corrected chi connectivity index (χ0v) is 13.9. The molecule has 25 heavy (non-hydrogen) atoms. The number of carbonyl (C=O) groups is 1. The van der Waals surface area contributed by atoms with Gasteiger partial charge in [-0.2, -0.15) is 5.10 Å². The fraction of sp³-hybridized carbons (Fsp3) is 0.444. The molecule has 1 aromatic carbocycles. The van der Waals surface area contributed by atoms with E-state index in [2.05, 4.69) is 15.7 Å². The molecule has 2 aromatic rings. The van der Waals surface area contributed by atoms with Gasteiger partial charge < -0.3 is 20.5 Å². The molecule has 1 aromatic heterocycles. The summed E-state index contributed by atoms with van der Waals surface area (Å²) in [5.41, 5.74) is 1.76. The minimum atomic E-state index is -0.346. The molecular weight excluding hydrogens is 320 g/mol. The number of hydrogen-bond acceptors (Lipinski definition) is 5. The van der Waals surface area contributed by atoms with Crippen molar-refractivity contribution < 1.29 is 14.6 Å². The van der Waals surface area contributed by atoms with Gasteiger partial charge in [0.2, 0.25) is 0 Å². The Morgan fingerprint density at radius 2 is 2.32 bits per heavy atom. The number of amides is 1. The molecule has 1 saturated carbocycles. The van der Waals surface area contributed by atoms with E-state index in [9.17, 15) is 9.90 Å². The maximum absolute atomic E-state index is 11.4. The summed E-state index contributed by atoms with van der Waals surface area (Å²) >= 11 is 0. The van der Waals surface area contributed by atoms with Crippen molar-refractivity contribution in [2.24, 2.45) is 5.92 Å². The lowest BCUT2D eigenvalue weighted by Gasteiger charge is -2.20. The quantitative estimate of drug-likeness (QED) is 0.758. The Hall–Kier alpha value is -2.38. The fourth-order valence-corrected chi connectivity index (χ4v) is 3.65. The Morgan fingerprint density at radius 3 is 3.16 bits per heavy atom. The van der Waals surface area contributed by atoms with Gasteiger partial charge in [-0.1, -0.05) is 6.07 Å². The van der Waals surface area contributed by atoms with E-state index < -0.39 is 0 Å². The smallest absolute Gasteiger partial charge is 0.262 e. The van der Waals surface area contributed by atoms with Crippen molar-refractivity contribution in [1.82, 2.24) is 15.1 Å². The molecule has 1 aliphatic heterocycles. The van der Waals surface area contributed by atoms with Crippen LogP contribution in [-0.2, 0) is 17.9 Å². The molecular formula is C18H22N4O3. The Balaban J connectivity index is 1.33. The number of ether oxygens (including phenoxy) is 1. The van der Waals surface area contributed by atoms with Crippen LogP contribution in [0.25, 0.3) is 0 Å². The summed E-state index contributed by atoms with van der Waals surface area (Å²) in [6.45, 7) is 1.54. The maximum atomic E-state index is 11.4. The number of benzene rings is 1. The van der Waals surface area contributed by atoms with Gasteiger partial charge in [0.15, 0.2) is 6.61 Å². The molecule has 3 atom stereocenters. The molecule has 7 nitrogen and oxygen atoms in total. The molecule has 2 aliphatic rings. The van der Waals surface area contributed by atoms with Gasteiger partial charge in [0.1, 0.15) is 5.75 Å². The molecule has 1 fully saturated rings. The lowest BCUT2D eigenvalue weighted by Crippen LogP contribution is -2.35. The van der Waals surface area contributed by atoms with Crippen LogP contribution in [0.1, 0.15) is 18.4 Å². The number of nitrogens with one attached hydrogen (secondary N) is 2. The Labute approximate surface area is 146 Å². The van der Waals surface area contributed by atoms with Crippen LogP contribution >= 0.6 is 0 Å². The van der Waals surface area contributed by atoms with Crippen molar-refractivity contribution in [2.45, 2.75) is 38.1 Å². The number of rotatable bonds is 5. The number of fused-ring (bicyclic) bond motifs is 1. The molecule has 4 rings (SSSR count). The van der Waals surface area contributed by atoms with Crippen LogP contribution in [0.3, 0.4) is 0 Å². The SMILES string of the molecule is O=C1COc2ccc(CN[C@@H]3CC(Cn4cccn4)C[C@H]3O)cc2N1. The van der Waals surface area contributed by atoms with Crippen LogP contribution in [0.2, 0.25) is 0 Å². The predicted molar refractivity (Wildman–Crippen MR) is 92.2 cm³/mol. The number of nitrogens with zero attached hydrogens (tertiary/aromatic N) is 2. The minimum absolute atomic E-state index is 0.0660. The van der Waals surface area contributed by atoms with Crippen molar-refractivity contribution in [3.8, 4) is 5.75 Å². The number of aliphatic hydroxyl groups excluding tert-OH is 1. The summed E-state index contributed by atoms with van der Waals surface area (Å²) in [7, 11) is 0. The van der Waals surface area contributed by atoms with Crippen molar-refractivity contribution in [3.63, 3.8) is 0 Å². The molecule has 0 radical (unpaired) electrons. The van der Waals surface area contributed by atoms with Gasteiger partial charge in [-0.25, -0.2) is 0 Å². The number of hydrogen-bond donors (Lipinski definition) is 3. The van der Waals surface area contributed by atoms with Crippen molar-refractivity contribution in [2.75, 3.05) is 11.9 Å². The molecule has 7 heteroatoms. The maximum Gasteiger partial charge on any atom is 0.262 e. The normalized spacial score (nSPS) is 25.3. The molecule has 3 N–H and O–H groups in total. The van der Waals surface area contributed by atoms with Crippen molar-refractivity contribution in [1.29, 1.82) is 0 Å². The van der Waals surface area contributed by atoms with E-state index >= 15 is 0 Å². The summed E-state index contributed by atoms with van der Waals surface area (Å²) in [5, 5.41) is 20.8. The van der Waals surface area contributed by atoms with Crippen molar-refractivity contribution in [3.05, 3.63) is 42.2 Å². The molecule has 132 valence electrons. The number of aliphatic hydroxyl groups is 1. The highest BCUT2D eigenvalue weighted by molar-refractivity contribution is 5.95.